The van der Waals surface area contributed by atoms with E-state index in [0.29, 0.717) is 0 Å². The molecule has 0 spiro atoms. The van der Waals surface area contributed by atoms with Crippen LogP contribution in [0.3, 0.4) is 0 Å². The number of hydrogen-bond acceptors (Lipinski definition) is 0. The van der Waals surface area contributed by atoms with Crippen molar-refractivity contribution in [3.8, 4) is 0 Å². The Morgan fingerprint density at radius 3 is 0.289 bits per heavy atom. The lowest BCUT2D eigenvalue weighted by Gasteiger charge is -1.76. The predicted octanol–water partition coefficient (Wildman–Crippen LogP) is 11.0. The van der Waals surface area contributed by atoms with Gasteiger partial charge in [-0.25, -0.2) is 0 Å². The third-order valence-electron chi connectivity index (χ3n) is 4.05. The Hall–Kier alpha value is -4.68. The van der Waals surface area contributed by atoms with Gasteiger partial charge < -0.3 is 0 Å². The van der Waals surface area contributed by atoms with Gasteiger partial charge in [0.15, 0.2) is 0 Å². The summed E-state index contributed by atoms with van der Waals surface area (Å²) in [5.74, 6) is 0. The van der Waals surface area contributed by atoms with Gasteiger partial charge in [0.1, 0.15) is 0 Å². The first-order valence-corrected chi connectivity index (χ1v) is 12.8. The van der Waals surface area contributed by atoms with E-state index < -0.39 is 0 Å². The van der Waals surface area contributed by atoms with Crippen LogP contribution in [0.15, 0.2) is 219 Å². The first kappa shape index (κ1) is 33.3. The number of rotatable bonds is 17. The molecule has 0 fully saturated rings. The van der Waals surface area contributed by atoms with Crippen LogP contribution in [0.1, 0.15) is 13.8 Å². The highest BCUT2D eigenvalue weighted by molar-refractivity contribution is 5.24. The third-order valence-corrected chi connectivity index (χ3v) is 4.05. The minimum atomic E-state index is 2.00. The molecule has 194 valence electrons. The quantitative estimate of drug-likeness (QED) is 0.175. The molecule has 38 heavy (non-hydrogen) atoms. The molecular weight excluding hydrogens is 456 g/mol. The van der Waals surface area contributed by atoms with E-state index in [4.69, 9.17) is 0 Å². The molecule has 0 heteroatoms. The van der Waals surface area contributed by atoms with E-state index in [-0.39, 0.29) is 0 Å². The first-order valence-electron chi connectivity index (χ1n) is 12.8. The summed E-state index contributed by atoms with van der Waals surface area (Å²) in [6.07, 6.45) is 72.0. The number of hydrogen-bond donors (Lipinski definition) is 0. The van der Waals surface area contributed by atoms with Crippen molar-refractivity contribution in [2.24, 2.45) is 0 Å². The molecule has 0 unspecified atom stereocenters. The molecule has 0 bridgehead atoms. The van der Waals surface area contributed by atoms with Crippen molar-refractivity contribution < 1.29 is 0 Å². The summed E-state index contributed by atoms with van der Waals surface area (Å²) in [5, 5.41) is 0. The molecule has 0 N–H and O–H groups in total. The minimum Gasteiger partial charge on any atom is -0.0877 e. The van der Waals surface area contributed by atoms with Gasteiger partial charge in [0, 0.05) is 0 Å². The van der Waals surface area contributed by atoms with E-state index >= 15 is 0 Å². The van der Waals surface area contributed by atoms with Crippen LogP contribution in [0.2, 0.25) is 0 Å². The molecule has 0 rings (SSSR count). The highest BCUT2D eigenvalue weighted by atomic mass is 13.7. The van der Waals surface area contributed by atoms with Crippen LogP contribution in [0.25, 0.3) is 0 Å². The highest BCUT2D eigenvalue weighted by Crippen LogP contribution is 1.89. The van der Waals surface area contributed by atoms with Crippen molar-refractivity contribution in [2.75, 3.05) is 0 Å². The molecule has 0 amide bonds. The maximum atomic E-state index is 2.00. The smallest absolute Gasteiger partial charge is 0.0467 e. The van der Waals surface area contributed by atoms with Crippen LogP contribution in [-0.4, -0.2) is 0 Å². The van der Waals surface area contributed by atoms with E-state index in [1.54, 1.807) is 0 Å². The molecule has 0 heterocycles. The summed E-state index contributed by atoms with van der Waals surface area (Å²) >= 11 is 0. The maximum absolute atomic E-state index is 2.00. The van der Waals surface area contributed by atoms with Crippen molar-refractivity contribution in [2.45, 2.75) is 13.8 Å². The van der Waals surface area contributed by atoms with Crippen LogP contribution < -0.4 is 0 Å². The second kappa shape index (κ2) is 32.3. The molecule has 0 radical (unpaired) electrons. The van der Waals surface area contributed by atoms with E-state index in [2.05, 4.69) is 0 Å². The summed E-state index contributed by atoms with van der Waals surface area (Å²) in [5.41, 5.74) is 0. The van der Waals surface area contributed by atoms with Gasteiger partial charge in [-0.15, -0.1) is 0 Å². The van der Waals surface area contributed by atoms with Gasteiger partial charge in [-0.2, -0.15) is 0 Å². The molecule has 0 aromatic heterocycles. The topological polar surface area (TPSA) is 0 Å². The monoisotopic (exact) mass is 498 g/mol. The Bertz CT molecular complexity index is 1010. The van der Waals surface area contributed by atoms with Gasteiger partial charge in [0.25, 0.3) is 0 Å². The van der Waals surface area contributed by atoms with Crippen LogP contribution >= 0.6 is 0 Å². The standard InChI is InChI=1S/C38H42/c1-3-5-7-9-11-13-15-17-19-21-23-25-27-29-31-33-35-37-38-36-34-32-30-28-26-24-22-20-18-16-14-12-10-8-6-4-2/h3-38H,1-2H3. The summed E-state index contributed by atoms with van der Waals surface area (Å²) < 4.78 is 0. The van der Waals surface area contributed by atoms with Crippen LogP contribution in [0, 0.1) is 0 Å². The molecule has 0 atom stereocenters. The fourth-order valence-corrected chi connectivity index (χ4v) is 2.28. The van der Waals surface area contributed by atoms with Gasteiger partial charge in [-0.05, 0) is 13.8 Å². The summed E-state index contributed by atoms with van der Waals surface area (Å²) in [7, 11) is 0. The van der Waals surface area contributed by atoms with Crippen LogP contribution in [-0.2, 0) is 0 Å². The summed E-state index contributed by atoms with van der Waals surface area (Å²) in [6.45, 7) is 4.00. The number of allylic oxidation sites excluding steroid dienone is 36. The molecule has 0 saturated carbocycles. The van der Waals surface area contributed by atoms with E-state index in [1.165, 1.54) is 0 Å². The molecular formula is C38H42. The first-order chi connectivity index (χ1) is 18.9. The van der Waals surface area contributed by atoms with Gasteiger partial charge in [-0.1, -0.05) is 219 Å². The Balaban J connectivity index is 4.01. The molecule has 0 aromatic rings. The molecule has 0 aliphatic carbocycles. The Morgan fingerprint density at radius 1 is 0.132 bits per heavy atom. The van der Waals surface area contributed by atoms with Crippen molar-refractivity contribution in [3.05, 3.63) is 219 Å². The summed E-state index contributed by atoms with van der Waals surface area (Å²) in [6, 6.07) is 0. The van der Waals surface area contributed by atoms with Crippen molar-refractivity contribution >= 4 is 0 Å². The second-order valence-electron chi connectivity index (χ2n) is 7.21. The highest BCUT2D eigenvalue weighted by Gasteiger charge is 1.67. The van der Waals surface area contributed by atoms with Gasteiger partial charge in [0.2, 0.25) is 0 Å². The van der Waals surface area contributed by atoms with Crippen molar-refractivity contribution in [1.82, 2.24) is 0 Å². The minimum absolute atomic E-state index is 2.00. The van der Waals surface area contributed by atoms with Gasteiger partial charge in [-0.3, -0.25) is 0 Å². The third kappa shape index (κ3) is 31.3. The zero-order chi connectivity index (χ0) is 27.5. The Kier molecular flexibility index (Phi) is 28.3. The Labute approximate surface area is 232 Å². The lowest BCUT2D eigenvalue weighted by molar-refractivity contribution is 1.73. The molecule has 0 aliphatic heterocycles. The SMILES string of the molecule is CC=CC=CC=CC=CC=CC=CC=CC=CC=CC=CC=CC=CC=CC=CC=CC=CC=CC=CC. The molecule has 0 aliphatic rings. The van der Waals surface area contributed by atoms with Crippen molar-refractivity contribution in [1.29, 1.82) is 0 Å². The average molecular weight is 499 g/mol. The van der Waals surface area contributed by atoms with Crippen LogP contribution in [0.4, 0.5) is 0 Å². The fourth-order valence-electron chi connectivity index (χ4n) is 2.28. The zero-order valence-corrected chi connectivity index (χ0v) is 22.8. The zero-order valence-electron chi connectivity index (χ0n) is 22.8. The fraction of sp³-hybridized carbons (Fsp3) is 0.0526. The Morgan fingerprint density at radius 2 is 0.211 bits per heavy atom. The van der Waals surface area contributed by atoms with Crippen molar-refractivity contribution in [3.63, 3.8) is 0 Å². The van der Waals surface area contributed by atoms with Gasteiger partial charge >= 0.3 is 0 Å². The largest absolute Gasteiger partial charge is 0.0877 e. The molecule has 0 nitrogen and oxygen atoms in total. The van der Waals surface area contributed by atoms with Crippen LogP contribution in [0.5, 0.6) is 0 Å². The van der Waals surface area contributed by atoms with E-state index in [0.717, 1.165) is 0 Å². The lowest BCUT2D eigenvalue weighted by Crippen LogP contribution is -1.55. The average Bonchev–Trinajstić information content (AvgIpc) is 2.93. The molecule has 0 saturated heterocycles. The van der Waals surface area contributed by atoms with Gasteiger partial charge in [0.05, 0.1) is 0 Å². The maximum Gasteiger partial charge on any atom is -0.0467 e. The normalized spacial score (nSPS) is 15.3. The molecule has 0 aromatic carbocycles. The van der Waals surface area contributed by atoms with E-state index in [1.807, 2.05) is 233 Å². The summed E-state index contributed by atoms with van der Waals surface area (Å²) in [4.78, 5) is 0. The predicted molar refractivity (Wildman–Crippen MR) is 176 cm³/mol. The second-order valence-corrected chi connectivity index (χ2v) is 7.21. The lowest BCUT2D eigenvalue weighted by atomic mass is 10.3. The van der Waals surface area contributed by atoms with E-state index in [9.17, 15) is 0 Å².